The molecule has 0 unspecified atom stereocenters. The highest BCUT2D eigenvalue weighted by Gasteiger charge is 2.04. The van der Waals surface area contributed by atoms with Crippen LogP contribution in [0.5, 0.6) is 0 Å². The zero-order valence-corrected chi connectivity index (χ0v) is 12.8. The highest BCUT2D eigenvalue weighted by atomic mass is 35.5. The molecule has 0 aromatic carbocycles. The zero-order valence-electron chi connectivity index (χ0n) is 12.0. The van der Waals surface area contributed by atoms with E-state index in [1.807, 2.05) is 6.92 Å². The largest absolute Gasteiger partial charge is 0.369 e. The minimum Gasteiger partial charge on any atom is -0.369 e. The highest BCUT2D eigenvalue weighted by molar-refractivity contribution is 6.32. The molecule has 0 aliphatic rings. The van der Waals surface area contributed by atoms with Gasteiger partial charge in [-0.2, -0.15) is 4.98 Å². The third-order valence-electron chi connectivity index (χ3n) is 2.92. The molecule has 1 rings (SSSR count). The molecular formula is C13H24ClN5. The van der Waals surface area contributed by atoms with E-state index in [9.17, 15) is 0 Å². The lowest BCUT2D eigenvalue weighted by Crippen LogP contribution is -2.25. The molecule has 1 aromatic rings. The van der Waals surface area contributed by atoms with Crippen molar-refractivity contribution in [3.05, 3.63) is 11.2 Å². The standard InChI is InChI=1S/C13H24ClN5/c1-4-15-13-17-10-11(14)12(18-13)16-8-7-9-19(5-2)6-3/h10H,4-9H2,1-3H3,(H2,15,16,17,18). The number of hydrogen-bond acceptors (Lipinski definition) is 5. The van der Waals surface area contributed by atoms with Gasteiger partial charge in [-0.15, -0.1) is 0 Å². The molecule has 0 fully saturated rings. The van der Waals surface area contributed by atoms with Crippen LogP contribution in [0.25, 0.3) is 0 Å². The summed E-state index contributed by atoms with van der Waals surface area (Å²) in [6.07, 6.45) is 2.69. The first-order valence-corrected chi connectivity index (χ1v) is 7.31. The Labute approximate surface area is 120 Å². The second-order valence-electron chi connectivity index (χ2n) is 4.23. The summed E-state index contributed by atoms with van der Waals surface area (Å²) in [5.41, 5.74) is 0. The van der Waals surface area contributed by atoms with Gasteiger partial charge in [0, 0.05) is 13.1 Å². The van der Waals surface area contributed by atoms with Crippen LogP contribution in [0.3, 0.4) is 0 Å². The predicted octanol–water partition coefficient (Wildman–Crippen LogP) is 2.71. The first-order valence-electron chi connectivity index (χ1n) is 6.93. The number of nitrogens with one attached hydrogen (secondary N) is 2. The Morgan fingerprint density at radius 1 is 1.21 bits per heavy atom. The van der Waals surface area contributed by atoms with E-state index in [1.54, 1.807) is 6.20 Å². The van der Waals surface area contributed by atoms with Crippen LogP contribution in [0.4, 0.5) is 11.8 Å². The molecule has 0 saturated carbocycles. The maximum absolute atomic E-state index is 6.07. The molecule has 0 atom stereocenters. The summed E-state index contributed by atoms with van der Waals surface area (Å²) in [6, 6.07) is 0. The minimum atomic E-state index is 0.560. The summed E-state index contributed by atoms with van der Waals surface area (Å²) in [6.45, 7) is 11.3. The number of nitrogens with zero attached hydrogens (tertiary/aromatic N) is 3. The molecule has 1 heterocycles. The molecule has 5 nitrogen and oxygen atoms in total. The van der Waals surface area contributed by atoms with Crippen molar-refractivity contribution in [1.29, 1.82) is 0 Å². The molecular weight excluding hydrogens is 262 g/mol. The van der Waals surface area contributed by atoms with E-state index in [-0.39, 0.29) is 0 Å². The second kappa shape index (κ2) is 8.93. The summed E-state index contributed by atoms with van der Waals surface area (Å²) in [5, 5.41) is 6.90. The van der Waals surface area contributed by atoms with Crippen LogP contribution < -0.4 is 10.6 Å². The lowest BCUT2D eigenvalue weighted by Gasteiger charge is -2.18. The van der Waals surface area contributed by atoms with Gasteiger partial charge in [-0.25, -0.2) is 4.98 Å². The third kappa shape index (κ3) is 5.61. The fourth-order valence-electron chi connectivity index (χ4n) is 1.78. The summed E-state index contributed by atoms with van der Waals surface area (Å²) in [4.78, 5) is 10.8. The number of anilines is 2. The highest BCUT2D eigenvalue weighted by Crippen LogP contribution is 2.19. The van der Waals surface area contributed by atoms with Crippen molar-refractivity contribution >= 4 is 23.4 Å². The topological polar surface area (TPSA) is 53.1 Å². The van der Waals surface area contributed by atoms with Crippen molar-refractivity contribution in [2.45, 2.75) is 27.2 Å². The van der Waals surface area contributed by atoms with E-state index in [2.05, 4.69) is 39.3 Å². The predicted molar refractivity (Wildman–Crippen MR) is 82.1 cm³/mol. The van der Waals surface area contributed by atoms with Gasteiger partial charge < -0.3 is 15.5 Å². The van der Waals surface area contributed by atoms with E-state index in [4.69, 9.17) is 11.6 Å². The molecule has 0 aliphatic carbocycles. The number of halogens is 1. The van der Waals surface area contributed by atoms with Crippen molar-refractivity contribution < 1.29 is 0 Å². The van der Waals surface area contributed by atoms with Crippen LogP contribution in [-0.4, -0.2) is 47.6 Å². The van der Waals surface area contributed by atoms with Gasteiger partial charge in [0.1, 0.15) is 10.8 Å². The first-order chi connectivity index (χ1) is 9.21. The van der Waals surface area contributed by atoms with Crippen LogP contribution in [0, 0.1) is 0 Å². The molecule has 0 aliphatic heterocycles. The van der Waals surface area contributed by atoms with E-state index in [0.717, 1.165) is 39.1 Å². The van der Waals surface area contributed by atoms with Crippen molar-refractivity contribution in [2.75, 3.05) is 43.4 Å². The van der Waals surface area contributed by atoms with Gasteiger partial charge in [-0.1, -0.05) is 25.4 Å². The molecule has 0 amide bonds. The molecule has 0 radical (unpaired) electrons. The van der Waals surface area contributed by atoms with Gasteiger partial charge in [0.15, 0.2) is 0 Å². The second-order valence-corrected chi connectivity index (χ2v) is 4.63. The van der Waals surface area contributed by atoms with Gasteiger partial charge in [-0.3, -0.25) is 0 Å². The monoisotopic (exact) mass is 285 g/mol. The SMILES string of the molecule is CCNc1ncc(Cl)c(NCCCN(CC)CC)n1. The Morgan fingerprint density at radius 3 is 2.58 bits per heavy atom. The van der Waals surface area contributed by atoms with Crippen LogP contribution in [-0.2, 0) is 0 Å². The molecule has 2 N–H and O–H groups in total. The van der Waals surface area contributed by atoms with Crippen LogP contribution in [0.15, 0.2) is 6.20 Å². The van der Waals surface area contributed by atoms with E-state index < -0.39 is 0 Å². The van der Waals surface area contributed by atoms with Crippen LogP contribution in [0.2, 0.25) is 5.02 Å². The molecule has 0 bridgehead atoms. The fraction of sp³-hybridized carbons (Fsp3) is 0.692. The Kier molecular flexibility index (Phi) is 7.52. The average Bonchev–Trinajstić information content (AvgIpc) is 2.42. The summed E-state index contributed by atoms with van der Waals surface area (Å²) in [5.74, 6) is 1.31. The lowest BCUT2D eigenvalue weighted by molar-refractivity contribution is 0.303. The molecule has 19 heavy (non-hydrogen) atoms. The smallest absolute Gasteiger partial charge is 0.224 e. The Hall–Kier alpha value is -1.07. The van der Waals surface area contributed by atoms with E-state index in [1.165, 1.54) is 0 Å². The molecule has 0 saturated heterocycles. The van der Waals surface area contributed by atoms with E-state index >= 15 is 0 Å². The number of aromatic nitrogens is 2. The van der Waals surface area contributed by atoms with Crippen molar-refractivity contribution in [2.24, 2.45) is 0 Å². The Balaban J connectivity index is 2.41. The summed E-state index contributed by atoms with van der Waals surface area (Å²) < 4.78 is 0. The van der Waals surface area contributed by atoms with Gasteiger partial charge in [0.25, 0.3) is 0 Å². The summed E-state index contributed by atoms with van der Waals surface area (Å²) >= 11 is 6.07. The van der Waals surface area contributed by atoms with Gasteiger partial charge in [0.2, 0.25) is 5.95 Å². The zero-order chi connectivity index (χ0) is 14.1. The molecule has 6 heteroatoms. The van der Waals surface area contributed by atoms with Gasteiger partial charge >= 0.3 is 0 Å². The number of rotatable bonds is 9. The maximum atomic E-state index is 6.07. The fourth-order valence-corrected chi connectivity index (χ4v) is 1.94. The van der Waals surface area contributed by atoms with Crippen molar-refractivity contribution in [3.63, 3.8) is 0 Å². The maximum Gasteiger partial charge on any atom is 0.224 e. The van der Waals surface area contributed by atoms with E-state index in [0.29, 0.717) is 16.8 Å². The lowest BCUT2D eigenvalue weighted by atomic mass is 10.3. The third-order valence-corrected chi connectivity index (χ3v) is 3.19. The van der Waals surface area contributed by atoms with Gasteiger partial charge in [0.05, 0.1) is 6.20 Å². The van der Waals surface area contributed by atoms with Crippen molar-refractivity contribution in [1.82, 2.24) is 14.9 Å². The quantitative estimate of drug-likeness (QED) is 0.683. The molecule has 0 spiro atoms. The summed E-state index contributed by atoms with van der Waals surface area (Å²) in [7, 11) is 0. The average molecular weight is 286 g/mol. The Bertz CT molecular complexity index is 368. The van der Waals surface area contributed by atoms with Gasteiger partial charge in [-0.05, 0) is 33.0 Å². The molecule has 1 aromatic heterocycles. The first kappa shape index (κ1) is 16.0. The minimum absolute atomic E-state index is 0.560. The normalized spacial score (nSPS) is 10.8. The van der Waals surface area contributed by atoms with Crippen LogP contribution in [0.1, 0.15) is 27.2 Å². The number of hydrogen-bond donors (Lipinski definition) is 2. The Morgan fingerprint density at radius 2 is 1.95 bits per heavy atom. The van der Waals surface area contributed by atoms with Crippen LogP contribution >= 0.6 is 11.6 Å². The van der Waals surface area contributed by atoms with Crippen molar-refractivity contribution in [3.8, 4) is 0 Å². The molecule has 108 valence electrons.